The van der Waals surface area contributed by atoms with Crippen molar-refractivity contribution in [2.24, 2.45) is 0 Å². The van der Waals surface area contributed by atoms with Crippen molar-refractivity contribution < 1.29 is 75.4 Å². The number of esters is 4. The Morgan fingerprint density at radius 2 is 0.658 bits per heavy atom. The maximum Gasteiger partial charge on any atom is 0.513 e. The number of hydrogen-bond acceptors (Lipinski definition) is 21. The number of anilines is 8. The number of aliphatic hydroxyl groups is 1. The lowest BCUT2D eigenvalue weighted by Gasteiger charge is -2.25. The molecule has 0 aliphatic heterocycles. The summed E-state index contributed by atoms with van der Waals surface area (Å²) in [6.07, 6.45) is 23.4. The molecule has 0 heterocycles. The van der Waals surface area contributed by atoms with E-state index < -0.39 is 23.8 Å². The van der Waals surface area contributed by atoms with E-state index in [2.05, 4.69) is 63.2 Å². The van der Waals surface area contributed by atoms with Crippen LogP contribution < -0.4 is 52.0 Å². The van der Waals surface area contributed by atoms with E-state index in [-0.39, 0.29) is 36.9 Å². The van der Waals surface area contributed by atoms with Crippen LogP contribution in [0.25, 0.3) is 0 Å². The number of ether oxygens (including phenoxy) is 7. The molecule has 4 saturated carbocycles. The Morgan fingerprint density at radius 1 is 0.350 bits per heavy atom. The molecule has 0 radical (unpaired) electrons. The van der Waals surface area contributed by atoms with Gasteiger partial charge in [-0.15, -0.1) is 0 Å². The van der Waals surface area contributed by atoms with Gasteiger partial charge in [-0.3, -0.25) is 0 Å². The van der Waals surface area contributed by atoms with Crippen LogP contribution in [0.5, 0.6) is 11.5 Å². The van der Waals surface area contributed by atoms with Gasteiger partial charge in [-0.05, 0) is 234 Å². The maximum atomic E-state index is 13.7. The van der Waals surface area contributed by atoms with Gasteiger partial charge in [0.1, 0.15) is 29.0 Å². The van der Waals surface area contributed by atoms with Crippen LogP contribution in [0, 0.1) is 17.5 Å². The molecule has 4 aliphatic carbocycles. The van der Waals surface area contributed by atoms with Crippen molar-refractivity contribution in [1.29, 1.82) is 0 Å². The first-order valence-corrected chi connectivity index (χ1v) is 41.9. The second-order valence-corrected chi connectivity index (χ2v) is 30.3. The highest BCUT2D eigenvalue weighted by Gasteiger charge is 2.23. The van der Waals surface area contributed by atoms with E-state index in [0.29, 0.717) is 120 Å². The molecule has 8 aromatic rings. The highest BCUT2D eigenvalue weighted by molar-refractivity contribution is 9.10. The first-order chi connectivity index (χ1) is 56.8. The first-order valence-electron chi connectivity index (χ1n) is 41.1. The molecule has 0 atom stereocenters. The van der Waals surface area contributed by atoms with Crippen molar-refractivity contribution in [2.45, 2.75) is 213 Å². The summed E-state index contributed by atoms with van der Waals surface area (Å²) in [6, 6.07) is 44.8. The van der Waals surface area contributed by atoms with Gasteiger partial charge in [-0.2, -0.15) is 0 Å². The maximum absolute atomic E-state index is 13.7. The van der Waals surface area contributed by atoms with Crippen LogP contribution in [-0.2, 0) is 56.5 Å². The third-order valence-electron chi connectivity index (χ3n) is 20.5. The van der Waals surface area contributed by atoms with Crippen LogP contribution in [0.1, 0.15) is 225 Å². The molecule has 25 heteroatoms. The smallest absolute Gasteiger partial charge is 0.497 e. The molecular formula is C92H114BrF3N8O13. The molecule has 8 aromatic carbocycles. The Bertz CT molecular complexity index is 4300. The van der Waals surface area contributed by atoms with Gasteiger partial charge in [-0.1, -0.05) is 111 Å². The number of hydrogen-bond donors (Lipinski definition) is 9. The van der Waals surface area contributed by atoms with Gasteiger partial charge in [0.05, 0.1) is 115 Å². The van der Waals surface area contributed by atoms with Crippen molar-refractivity contribution in [1.82, 2.24) is 0 Å². The van der Waals surface area contributed by atoms with Crippen molar-refractivity contribution in [2.75, 3.05) is 83.2 Å². The predicted molar refractivity (Wildman–Crippen MR) is 460 cm³/mol. The predicted octanol–water partition coefficient (Wildman–Crippen LogP) is 21.7. The van der Waals surface area contributed by atoms with E-state index in [4.69, 9.17) is 28.4 Å². The lowest BCUT2D eigenvalue weighted by atomic mass is 9.95. The lowest BCUT2D eigenvalue weighted by molar-refractivity contribution is 0.0517. The summed E-state index contributed by atoms with van der Waals surface area (Å²) in [6.45, 7) is 10.2. The number of carbonyl (C=O) groups excluding carboxylic acids is 5. The summed E-state index contributed by atoms with van der Waals surface area (Å²) in [5.74, 6) is -1.79. The fourth-order valence-corrected chi connectivity index (χ4v) is 15.1. The second-order valence-electron chi connectivity index (χ2n) is 29.4. The molecule has 0 spiro atoms. The molecule has 0 unspecified atom stereocenters. The second kappa shape index (κ2) is 48.1. The molecule has 117 heavy (non-hydrogen) atoms. The lowest BCUT2D eigenvalue weighted by Crippen LogP contribution is -2.23. The Balaban J connectivity index is 0.000000178. The van der Waals surface area contributed by atoms with E-state index in [1.807, 2.05) is 78.9 Å². The minimum absolute atomic E-state index is 0.0446. The van der Waals surface area contributed by atoms with Crippen LogP contribution >= 0.6 is 15.9 Å². The zero-order chi connectivity index (χ0) is 83.3. The van der Waals surface area contributed by atoms with Gasteiger partial charge in [0.25, 0.3) is 0 Å². The van der Waals surface area contributed by atoms with Crippen LogP contribution in [0.4, 0.5) is 63.5 Å². The number of methoxy groups -OCH3 is 2. The quantitative estimate of drug-likeness (QED) is 0.0111. The minimum Gasteiger partial charge on any atom is -0.497 e. The monoisotopic (exact) mass is 1670 g/mol. The normalized spacial score (nSPS) is 14.3. The van der Waals surface area contributed by atoms with E-state index in [1.165, 1.54) is 108 Å². The van der Waals surface area contributed by atoms with Gasteiger partial charge in [-0.25, -0.2) is 37.1 Å². The summed E-state index contributed by atoms with van der Waals surface area (Å²) in [4.78, 5) is 59.9. The molecule has 0 amide bonds. The number of halogens is 4. The minimum atomic E-state index is -0.750. The van der Waals surface area contributed by atoms with Crippen molar-refractivity contribution in [3.63, 3.8) is 0 Å². The standard InChI is InChI=1S/C24H30N2O5.C24H32N2O4.C22H26BrFN2O2.C22H26F2N2O2/c1-3-30-23(27)18-11-14-21(26-19-7-5-4-6-8-19)22(15-18)25-16-17-9-12-20(13-10-17)31-24(28)29-2;1-3-30-24(28)19-9-10-22(26-20-7-5-4-6-8-20)23(14-19)25-15-17-11-18(16-27)13-21(12-17)29-2;2*1-2-28-22(27)16-8-9-20(26-19-6-4-3-5-7-19)21(12-16)25-14-15-10-17(23)13-18(24)11-15/h9-15,19,25-26H,3-8,16H2,1-2H3;9-14,20,25-27H,3-8,15-16H2,1-2H3;2*8-13,19,25-26H,2-7,14H2,1H3. The SMILES string of the molecule is CCOC(=O)c1ccc(NC2CCCCC2)c(NCc2cc(CO)cc(OC)c2)c1.CCOC(=O)c1ccc(NC2CCCCC2)c(NCc2cc(F)cc(Br)c2)c1.CCOC(=O)c1ccc(NC2CCCCC2)c(NCc2cc(F)cc(F)c2)c1.CCOC(=O)c1ccc(NC2CCCCC2)c(NCc2ccc(OC(=O)OC)cc2)c1. The first kappa shape index (κ1) is 90.3. The van der Waals surface area contributed by atoms with Crippen LogP contribution in [0.15, 0.2) is 156 Å². The molecule has 0 saturated heterocycles. The Hall–Kier alpha value is -10.7. The molecule has 4 aliphatic rings. The van der Waals surface area contributed by atoms with Gasteiger partial charge < -0.3 is 80.8 Å². The number of nitrogens with one attached hydrogen (secondary N) is 8. The summed E-state index contributed by atoms with van der Waals surface area (Å²) in [5, 5.41) is 37.4. The molecule has 12 rings (SSSR count). The third-order valence-corrected chi connectivity index (χ3v) is 21.0. The van der Waals surface area contributed by atoms with Crippen molar-refractivity contribution in [3.05, 3.63) is 224 Å². The summed E-state index contributed by atoms with van der Waals surface area (Å²) in [5.41, 5.74) is 13.1. The van der Waals surface area contributed by atoms with Gasteiger partial charge in [0.15, 0.2) is 0 Å². The highest BCUT2D eigenvalue weighted by atomic mass is 79.9. The molecule has 9 N–H and O–H groups in total. The average molecular weight is 1680 g/mol. The van der Waals surface area contributed by atoms with Crippen LogP contribution in [0.2, 0.25) is 0 Å². The van der Waals surface area contributed by atoms with Crippen molar-refractivity contribution in [3.8, 4) is 11.5 Å². The van der Waals surface area contributed by atoms with Gasteiger partial charge in [0.2, 0.25) is 0 Å². The number of rotatable bonds is 31. The molecule has 21 nitrogen and oxygen atoms in total. The van der Waals surface area contributed by atoms with E-state index in [9.17, 15) is 42.3 Å². The number of carbonyl (C=O) groups is 5. The van der Waals surface area contributed by atoms with E-state index in [1.54, 1.807) is 77.3 Å². The Labute approximate surface area is 694 Å². The summed E-state index contributed by atoms with van der Waals surface area (Å²) < 4.78 is 76.6. The van der Waals surface area contributed by atoms with Crippen LogP contribution in [-0.4, -0.2) is 100.0 Å². The molecular weight excluding hydrogens is 1560 g/mol. The zero-order valence-electron chi connectivity index (χ0n) is 68.1. The number of aliphatic hydroxyl groups excluding tert-OH is 1. The Kier molecular flexibility index (Phi) is 37.1. The molecule has 0 aromatic heterocycles. The van der Waals surface area contributed by atoms with Crippen LogP contribution in [0.3, 0.4) is 0 Å². The van der Waals surface area contributed by atoms with E-state index >= 15 is 0 Å². The molecule has 0 bridgehead atoms. The van der Waals surface area contributed by atoms with E-state index in [0.717, 1.165) is 119 Å². The molecule has 628 valence electrons. The van der Waals surface area contributed by atoms with Crippen molar-refractivity contribution >= 4 is 91.5 Å². The summed E-state index contributed by atoms with van der Waals surface area (Å²) in [7, 11) is 2.88. The Morgan fingerprint density at radius 3 is 0.966 bits per heavy atom. The average Bonchev–Trinajstić information content (AvgIpc) is 0.856. The fourth-order valence-electron chi connectivity index (χ4n) is 14.6. The summed E-state index contributed by atoms with van der Waals surface area (Å²) >= 11 is 3.33. The zero-order valence-corrected chi connectivity index (χ0v) is 69.7. The van der Waals surface area contributed by atoms with Gasteiger partial charge in [0, 0.05) is 60.9 Å². The highest BCUT2D eigenvalue weighted by Crippen LogP contribution is 2.35. The molecule has 4 fully saturated rings. The third kappa shape index (κ3) is 30.1. The fraction of sp³-hybridized carbons (Fsp3) is 0.424. The number of benzene rings is 8. The largest absolute Gasteiger partial charge is 0.513 e. The van der Waals surface area contributed by atoms with Gasteiger partial charge >= 0.3 is 30.0 Å². The topological polar surface area (TPSA) is 266 Å².